The average molecular weight is 445 g/mol. The number of hydrogen-bond acceptors (Lipinski definition) is 4. The first kappa shape index (κ1) is 23.7. The molecule has 0 radical (unpaired) electrons. The first-order valence-electron chi connectivity index (χ1n) is 10.1. The molecule has 32 heavy (non-hydrogen) atoms. The van der Waals surface area contributed by atoms with Gasteiger partial charge in [0, 0.05) is 30.8 Å². The number of nitrogens with zero attached hydrogens (tertiary/aromatic N) is 1. The van der Waals surface area contributed by atoms with Crippen molar-refractivity contribution >= 4 is 35.9 Å². The zero-order valence-electron chi connectivity index (χ0n) is 18.9. The predicted octanol–water partition coefficient (Wildman–Crippen LogP) is 3.61. The number of benzene rings is 2. The molecule has 3 rings (SSSR count). The summed E-state index contributed by atoms with van der Waals surface area (Å²) in [4.78, 5) is 25.6. The SMILES string of the molecule is CN(C)C(=O)c1ccc(NC(=O)Nc2ccc(B3OC(C)(C)C(C)(C)O3)c(F)c2F)cc1. The third-order valence-electron chi connectivity index (χ3n) is 5.66. The van der Waals surface area contributed by atoms with Crippen LogP contribution in [0, 0.1) is 11.6 Å². The van der Waals surface area contributed by atoms with Crippen LogP contribution in [-0.2, 0) is 9.31 Å². The van der Waals surface area contributed by atoms with Gasteiger partial charge >= 0.3 is 13.1 Å². The maximum atomic E-state index is 14.7. The molecule has 2 N–H and O–H groups in total. The molecule has 1 heterocycles. The Morgan fingerprint density at radius 1 is 0.875 bits per heavy atom. The van der Waals surface area contributed by atoms with Crippen LogP contribution < -0.4 is 16.1 Å². The molecule has 1 saturated heterocycles. The molecular weight excluding hydrogens is 419 g/mol. The highest BCUT2D eigenvalue weighted by Crippen LogP contribution is 2.37. The summed E-state index contributed by atoms with van der Waals surface area (Å²) in [5.74, 6) is -2.56. The van der Waals surface area contributed by atoms with E-state index in [0.717, 1.165) is 0 Å². The number of carbonyl (C=O) groups excluding carboxylic acids is 2. The molecule has 170 valence electrons. The molecule has 1 aliphatic rings. The summed E-state index contributed by atoms with van der Waals surface area (Å²) < 4.78 is 40.9. The van der Waals surface area contributed by atoms with Gasteiger partial charge in [0.15, 0.2) is 11.6 Å². The minimum Gasteiger partial charge on any atom is -0.399 e. The average Bonchev–Trinajstić information content (AvgIpc) is 2.92. The number of urea groups is 1. The Bertz CT molecular complexity index is 1030. The van der Waals surface area contributed by atoms with Crippen molar-refractivity contribution in [3.05, 3.63) is 53.6 Å². The lowest BCUT2D eigenvalue weighted by Gasteiger charge is -2.32. The minimum absolute atomic E-state index is 0.0896. The molecular formula is C22H26BF2N3O4. The van der Waals surface area contributed by atoms with E-state index < -0.39 is 36.0 Å². The number of rotatable bonds is 4. The van der Waals surface area contributed by atoms with Crippen LogP contribution in [0.1, 0.15) is 38.1 Å². The van der Waals surface area contributed by atoms with E-state index in [4.69, 9.17) is 9.31 Å². The maximum absolute atomic E-state index is 14.7. The summed E-state index contributed by atoms with van der Waals surface area (Å²) in [6.07, 6.45) is 0. The van der Waals surface area contributed by atoms with E-state index in [2.05, 4.69) is 10.6 Å². The summed E-state index contributed by atoms with van der Waals surface area (Å²) in [6.45, 7) is 7.24. The quantitative estimate of drug-likeness (QED) is 0.705. The van der Waals surface area contributed by atoms with Crippen molar-refractivity contribution in [2.75, 3.05) is 24.7 Å². The predicted molar refractivity (Wildman–Crippen MR) is 119 cm³/mol. The van der Waals surface area contributed by atoms with Crippen LogP contribution in [0.2, 0.25) is 0 Å². The van der Waals surface area contributed by atoms with Crippen LogP contribution in [0.3, 0.4) is 0 Å². The van der Waals surface area contributed by atoms with Gasteiger partial charge in [0.05, 0.1) is 16.9 Å². The Labute approximate surface area is 186 Å². The molecule has 0 aromatic heterocycles. The second kappa shape index (κ2) is 8.52. The normalized spacial score (nSPS) is 16.6. The second-order valence-electron chi connectivity index (χ2n) is 8.77. The molecule has 2 aromatic carbocycles. The van der Waals surface area contributed by atoms with Crippen LogP contribution >= 0.6 is 0 Å². The molecule has 3 amide bonds. The zero-order chi connectivity index (χ0) is 23.8. The topological polar surface area (TPSA) is 79.9 Å². The first-order valence-corrected chi connectivity index (χ1v) is 10.1. The van der Waals surface area contributed by atoms with Crippen molar-refractivity contribution in [3.63, 3.8) is 0 Å². The Kier molecular flexibility index (Phi) is 6.30. The molecule has 0 aliphatic carbocycles. The fraction of sp³-hybridized carbons (Fsp3) is 0.364. The summed E-state index contributed by atoms with van der Waals surface area (Å²) in [6, 6.07) is 7.98. The molecule has 2 aromatic rings. The zero-order valence-corrected chi connectivity index (χ0v) is 18.9. The van der Waals surface area contributed by atoms with Gasteiger partial charge < -0.3 is 24.8 Å². The Morgan fingerprint density at radius 3 is 1.97 bits per heavy atom. The summed E-state index contributed by atoms with van der Waals surface area (Å²) in [5, 5.41) is 4.79. The van der Waals surface area contributed by atoms with Crippen molar-refractivity contribution in [1.29, 1.82) is 0 Å². The van der Waals surface area contributed by atoms with Crippen molar-refractivity contribution in [1.82, 2.24) is 4.90 Å². The number of halogens is 2. The smallest absolute Gasteiger partial charge is 0.399 e. The Balaban J connectivity index is 1.70. The van der Waals surface area contributed by atoms with Gasteiger partial charge in [-0.3, -0.25) is 4.79 Å². The molecule has 1 fully saturated rings. The molecule has 7 nitrogen and oxygen atoms in total. The van der Waals surface area contributed by atoms with Gasteiger partial charge in [0.1, 0.15) is 0 Å². The van der Waals surface area contributed by atoms with E-state index >= 15 is 0 Å². The number of nitrogens with one attached hydrogen (secondary N) is 2. The lowest BCUT2D eigenvalue weighted by atomic mass is 9.78. The van der Waals surface area contributed by atoms with Gasteiger partial charge in [-0.1, -0.05) is 6.07 Å². The van der Waals surface area contributed by atoms with E-state index in [1.165, 1.54) is 29.2 Å². The van der Waals surface area contributed by atoms with E-state index in [1.807, 2.05) is 27.7 Å². The number of carbonyl (C=O) groups is 2. The van der Waals surface area contributed by atoms with Gasteiger partial charge in [0.2, 0.25) is 0 Å². The summed E-state index contributed by atoms with van der Waals surface area (Å²) in [5.41, 5.74) is -0.999. The molecule has 0 saturated carbocycles. The second-order valence-corrected chi connectivity index (χ2v) is 8.77. The molecule has 10 heteroatoms. The van der Waals surface area contributed by atoms with Crippen LogP contribution in [-0.4, -0.2) is 49.3 Å². The first-order chi connectivity index (χ1) is 14.8. The highest BCUT2D eigenvalue weighted by Gasteiger charge is 2.52. The van der Waals surface area contributed by atoms with Gasteiger partial charge in [-0.05, 0) is 58.0 Å². The van der Waals surface area contributed by atoms with Crippen molar-refractivity contribution in [2.24, 2.45) is 0 Å². The third-order valence-corrected chi connectivity index (χ3v) is 5.66. The lowest BCUT2D eigenvalue weighted by Crippen LogP contribution is -2.41. The number of amides is 3. The largest absolute Gasteiger partial charge is 0.497 e. The highest BCUT2D eigenvalue weighted by molar-refractivity contribution is 6.62. The van der Waals surface area contributed by atoms with Crippen LogP contribution in [0.4, 0.5) is 25.0 Å². The van der Waals surface area contributed by atoms with Gasteiger partial charge in [-0.25, -0.2) is 13.6 Å². The molecule has 1 aliphatic heterocycles. The van der Waals surface area contributed by atoms with Crippen LogP contribution in [0.25, 0.3) is 0 Å². The van der Waals surface area contributed by atoms with Crippen molar-refractivity contribution in [3.8, 4) is 0 Å². The Hall–Kier alpha value is -2.98. The monoisotopic (exact) mass is 445 g/mol. The minimum atomic E-state index is -1.22. The highest BCUT2D eigenvalue weighted by atomic mass is 19.2. The molecule has 0 spiro atoms. The van der Waals surface area contributed by atoms with Crippen LogP contribution in [0.15, 0.2) is 36.4 Å². The summed E-state index contributed by atoms with van der Waals surface area (Å²) >= 11 is 0. The fourth-order valence-electron chi connectivity index (χ4n) is 3.05. The number of anilines is 2. The fourth-order valence-corrected chi connectivity index (χ4v) is 3.05. The molecule has 0 bridgehead atoms. The molecule has 0 atom stereocenters. The van der Waals surface area contributed by atoms with E-state index in [9.17, 15) is 18.4 Å². The van der Waals surface area contributed by atoms with Gasteiger partial charge in [-0.2, -0.15) is 0 Å². The van der Waals surface area contributed by atoms with Gasteiger partial charge in [-0.15, -0.1) is 0 Å². The van der Waals surface area contributed by atoms with E-state index in [1.54, 1.807) is 26.2 Å². The summed E-state index contributed by atoms with van der Waals surface area (Å²) in [7, 11) is 2.20. The van der Waals surface area contributed by atoms with Crippen molar-refractivity contribution < 1.29 is 27.7 Å². The standard InChI is InChI=1S/C22H26BF2N3O4/c1-21(2)22(3,4)32-23(31-21)15-11-12-16(18(25)17(15)24)27-20(30)26-14-9-7-13(8-10-14)19(29)28(5)6/h7-12H,1-6H3,(H2,26,27,30). The number of hydrogen-bond donors (Lipinski definition) is 2. The maximum Gasteiger partial charge on any atom is 0.497 e. The Morgan fingerprint density at radius 2 is 1.44 bits per heavy atom. The van der Waals surface area contributed by atoms with Gasteiger partial charge in [0.25, 0.3) is 5.91 Å². The van der Waals surface area contributed by atoms with E-state index in [-0.39, 0.29) is 17.1 Å². The van der Waals surface area contributed by atoms with Crippen molar-refractivity contribution in [2.45, 2.75) is 38.9 Å². The lowest BCUT2D eigenvalue weighted by molar-refractivity contribution is 0.00578. The van der Waals surface area contributed by atoms with Crippen LogP contribution in [0.5, 0.6) is 0 Å². The third kappa shape index (κ3) is 4.61. The van der Waals surface area contributed by atoms with E-state index in [0.29, 0.717) is 11.3 Å². The molecule has 0 unspecified atom stereocenters.